The molecule has 0 unspecified atom stereocenters. The highest BCUT2D eigenvalue weighted by Gasteiger charge is 2.29. The van der Waals surface area contributed by atoms with E-state index in [1.54, 1.807) is 12.5 Å². The second kappa shape index (κ2) is 2.07. The van der Waals surface area contributed by atoms with Crippen LogP contribution in [0.5, 0.6) is 0 Å². The van der Waals surface area contributed by atoms with E-state index in [4.69, 9.17) is 9.47 Å². The number of imidazole rings is 1. The molecule has 0 atom stereocenters. The average molecular weight is 140 g/mol. The fourth-order valence-electron chi connectivity index (χ4n) is 0.898. The summed E-state index contributed by atoms with van der Waals surface area (Å²) in [5.41, 5.74) is 0.804. The smallest absolute Gasteiger partial charge is 0.207 e. The van der Waals surface area contributed by atoms with Crippen LogP contribution in [0.15, 0.2) is 12.5 Å². The summed E-state index contributed by atoms with van der Waals surface area (Å²) in [5, 5.41) is 0. The summed E-state index contributed by atoms with van der Waals surface area (Å²) >= 11 is 0. The maximum Gasteiger partial charge on any atom is 0.207 e. The van der Waals surface area contributed by atoms with E-state index in [2.05, 4.69) is 9.97 Å². The van der Waals surface area contributed by atoms with Crippen LogP contribution in [-0.4, -0.2) is 16.3 Å². The first kappa shape index (κ1) is 5.88. The zero-order valence-corrected chi connectivity index (χ0v) is 5.57. The standard InChI is InChI=1S/C6H8N2O2/c1-4-9-6(10-4)5-2-7-3-8-5/h2-4,6H,1H3,(H,7,8). The van der Waals surface area contributed by atoms with E-state index in [9.17, 15) is 0 Å². The second-order valence-electron chi connectivity index (χ2n) is 2.17. The van der Waals surface area contributed by atoms with Gasteiger partial charge in [-0.2, -0.15) is 0 Å². The Labute approximate surface area is 58.2 Å². The van der Waals surface area contributed by atoms with Crippen molar-refractivity contribution in [2.45, 2.75) is 19.5 Å². The third-order valence-electron chi connectivity index (χ3n) is 1.39. The van der Waals surface area contributed by atoms with Crippen molar-refractivity contribution in [1.29, 1.82) is 0 Å². The molecule has 0 aliphatic carbocycles. The van der Waals surface area contributed by atoms with E-state index >= 15 is 0 Å². The third kappa shape index (κ3) is 0.815. The van der Waals surface area contributed by atoms with Gasteiger partial charge in [-0.25, -0.2) is 4.98 Å². The number of aromatic amines is 1. The van der Waals surface area contributed by atoms with Crippen LogP contribution in [0.4, 0.5) is 0 Å². The first-order valence-corrected chi connectivity index (χ1v) is 3.16. The fourth-order valence-corrected chi connectivity index (χ4v) is 0.898. The Hall–Kier alpha value is -0.870. The van der Waals surface area contributed by atoms with Crippen LogP contribution in [-0.2, 0) is 9.47 Å². The SMILES string of the molecule is CC1OC(c2c[nH]cn2)O1. The molecule has 1 N–H and O–H groups in total. The van der Waals surface area contributed by atoms with Crippen LogP contribution in [0.2, 0.25) is 0 Å². The molecule has 0 radical (unpaired) electrons. The molecule has 4 nitrogen and oxygen atoms in total. The minimum Gasteiger partial charge on any atom is -0.351 e. The molecule has 1 saturated heterocycles. The van der Waals surface area contributed by atoms with E-state index in [1.807, 2.05) is 6.92 Å². The lowest BCUT2D eigenvalue weighted by Crippen LogP contribution is -2.31. The highest BCUT2D eigenvalue weighted by atomic mass is 16.9. The molecular formula is C6H8N2O2. The Morgan fingerprint density at radius 2 is 2.40 bits per heavy atom. The zero-order chi connectivity index (χ0) is 6.97. The molecule has 0 spiro atoms. The Morgan fingerprint density at radius 3 is 2.90 bits per heavy atom. The molecule has 0 bridgehead atoms. The molecule has 4 heteroatoms. The lowest BCUT2D eigenvalue weighted by atomic mass is 10.4. The van der Waals surface area contributed by atoms with Crippen LogP contribution in [0.3, 0.4) is 0 Å². The van der Waals surface area contributed by atoms with Crippen molar-refractivity contribution >= 4 is 0 Å². The quantitative estimate of drug-likeness (QED) is 0.627. The van der Waals surface area contributed by atoms with Gasteiger partial charge in [0.15, 0.2) is 6.29 Å². The van der Waals surface area contributed by atoms with Crippen molar-refractivity contribution in [2.24, 2.45) is 0 Å². The molecule has 0 saturated carbocycles. The first-order chi connectivity index (χ1) is 4.86. The molecule has 10 heavy (non-hydrogen) atoms. The van der Waals surface area contributed by atoms with Crippen molar-refractivity contribution in [1.82, 2.24) is 9.97 Å². The highest BCUT2D eigenvalue weighted by Crippen LogP contribution is 2.29. The van der Waals surface area contributed by atoms with Gasteiger partial charge in [-0.1, -0.05) is 0 Å². The maximum atomic E-state index is 5.18. The maximum absolute atomic E-state index is 5.18. The Bertz CT molecular complexity index is 204. The lowest BCUT2D eigenvalue weighted by molar-refractivity contribution is -0.383. The van der Waals surface area contributed by atoms with Crippen molar-refractivity contribution in [2.75, 3.05) is 0 Å². The number of H-pyrrole nitrogens is 1. The number of nitrogens with zero attached hydrogens (tertiary/aromatic N) is 1. The van der Waals surface area contributed by atoms with Gasteiger partial charge in [0, 0.05) is 6.20 Å². The van der Waals surface area contributed by atoms with Gasteiger partial charge < -0.3 is 14.5 Å². The average Bonchev–Trinajstić information content (AvgIpc) is 2.31. The molecule has 1 aromatic rings. The summed E-state index contributed by atoms with van der Waals surface area (Å²) in [6, 6.07) is 0. The van der Waals surface area contributed by atoms with Gasteiger partial charge in [0.05, 0.1) is 6.33 Å². The third-order valence-corrected chi connectivity index (χ3v) is 1.39. The van der Waals surface area contributed by atoms with Gasteiger partial charge >= 0.3 is 0 Å². The predicted molar refractivity (Wildman–Crippen MR) is 33.0 cm³/mol. The monoisotopic (exact) mass is 140 g/mol. The van der Waals surface area contributed by atoms with E-state index in [0.29, 0.717) is 0 Å². The molecule has 1 fully saturated rings. The molecule has 1 aromatic heterocycles. The minimum absolute atomic E-state index is 0.0818. The second-order valence-corrected chi connectivity index (χ2v) is 2.17. The summed E-state index contributed by atoms with van der Waals surface area (Å²) in [4.78, 5) is 6.79. The topological polar surface area (TPSA) is 47.1 Å². The molecule has 0 aromatic carbocycles. The summed E-state index contributed by atoms with van der Waals surface area (Å²) in [6.45, 7) is 1.85. The molecule has 2 heterocycles. The fraction of sp³-hybridized carbons (Fsp3) is 0.500. The van der Waals surface area contributed by atoms with E-state index in [-0.39, 0.29) is 12.6 Å². The van der Waals surface area contributed by atoms with E-state index in [0.717, 1.165) is 5.69 Å². The van der Waals surface area contributed by atoms with E-state index in [1.165, 1.54) is 0 Å². The van der Waals surface area contributed by atoms with Gasteiger partial charge in [-0.05, 0) is 6.92 Å². The number of nitrogens with one attached hydrogen (secondary N) is 1. The van der Waals surface area contributed by atoms with Crippen LogP contribution in [0.25, 0.3) is 0 Å². The van der Waals surface area contributed by atoms with E-state index < -0.39 is 0 Å². The number of rotatable bonds is 1. The van der Waals surface area contributed by atoms with Gasteiger partial charge in [-0.15, -0.1) is 0 Å². The summed E-state index contributed by atoms with van der Waals surface area (Å²) < 4.78 is 10.4. The number of hydrogen-bond acceptors (Lipinski definition) is 3. The molecule has 2 rings (SSSR count). The number of aromatic nitrogens is 2. The zero-order valence-electron chi connectivity index (χ0n) is 5.57. The van der Waals surface area contributed by atoms with Crippen molar-refractivity contribution in [3.8, 4) is 0 Å². The van der Waals surface area contributed by atoms with Crippen molar-refractivity contribution in [3.63, 3.8) is 0 Å². The molecule has 54 valence electrons. The predicted octanol–water partition coefficient (Wildman–Crippen LogP) is 0.801. The number of hydrogen-bond donors (Lipinski definition) is 1. The number of ether oxygens (including phenoxy) is 2. The van der Waals surface area contributed by atoms with Gasteiger partial charge in [0.2, 0.25) is 6.29 Å². The molecular weight excluding hydrogens is 132 g/mol. The van der Waals surface area contributed by atoms with Crippen molar-refractivity contribution < 1.29 is 9.47 Å². The lowest BCUT2D eigenvalue weighted by Gasteiger charge is -2.32. The van der Waals surface area contributed by atoms with Crippen LogP contribution < -0.4 is 0 Å². The van der Waals surface area contributed by atoms with Crippen molar-refractivity contribution in [3.05, 3.63) is 18.2 Å². The minimum atomic E-state index is -0.249. The molecule has 1 aliphatic heterocycles. The van der Waals surface area contributed by atoms with Gasteiger partial charge in [-0.3, -0.25) is 0 Å². The molecule has 0 amide bonds. The summed E-state index contributed by atoms with van der Waals surface area (Å²) in [5.74, 6) is 0. The first-order valence-electron chi connectivity index (χ1n) is 3.16. The highest BCUT2D eigenvalue weighted by molar-refractivity contribution is 4.97. The van der Waals surface area contributed by atoms with Crippen LogP contribution >= 0.6 is 0 Å². The van der Waals surface area contributed by atoms with Gasteiger partial charge in [0.1, 0.15) is 5.69 Å². The normalized spacial score (nSPS) is 31.7. The van der Waals surface area contributed by atoms with Crippen LogP contribution in [0.1, 0.15) is 18.9 Å². The summed E-state index contributed by atoms with van der Waals surface area (Å²) in [6.07, 6.45) is 3.03. The molecule has 1 aliphatic rings. The summed E-state index contributed by atoms with van der Waals surface area (Å²) in [7, 11) is 0. The Morgan fingerprint density at radius 1 is 1.60 bits per heavy atom. The Balaban J connectivity index is 2.04. The van der Waals surface area contributed by atoms with Gasteiger partial charge in [0.25, 0.3) is 0 Å². The van der Waals surface area contributed by atoms with Crippen LogP contribution in [0, 0.1) is 0 Å². The Kier molecular flexibility index (Phi) is 1.22. The largest absolute Gasteiger partial charge is 0.351 e.